The number of urea groups is 1. The lowest BCUT2D eigenvalue weighted by molar-refractivity contribution is -0.135. The fourth-order valence-corrected chi connectivity index (χ4v) is 4.43. The van der Waals surface area contributed by atoms with Crippen LogP contribution in [0, 0.1) is 11.8 Å². The maximum atomic E-state index is 12.7. The number of hydrogen-bond acceptors (Lipinski definition) is 4. The molecule has 4 amide bonds. The van der Waals surface area contributed by atoms with Gasteiger partial charge in [-0.1, -0.05) is 6.92 Å². The Morgan fingerprint density at radius 1 is 0.964 bits per heavy atom. The molecule has 7 nitrogen and oxygen atoms in total. The van der Waals surface area contributed by atoms with Gasteiger partial charge in [-0.25, -0.2) is 4.79 Å². The third kappa shape index (κ3) is 3.84. The molecule has 1 atom stereocenters. The molecule has 1 aromatic rings. The maximum absolute atomic E-state index is 12.7. The highest BCUT2D eigenvalue weighted by Gasteiger charge is 2.32. The number of nitrogens with one attached hydrogen (secondary N) is 1. The Hall–Kier alpha value is -2.57. The Morgan fingerprint density at radius 2 is 1.64 bits per heavy atom. The van der Waals surface area contributed by atoms with Crippen LogP contribution in [0.5, 0.6) is 0 Å². The van der Waals surface area contributed by atoms with Crippen molar-refractivity contribution >= 4 is 29.2 Å². The predicted octanol–water partition coefficient (Wildman–Crippen LogP) is 2.22. The number of carbonyl (C=O) groups is 3. The van der Waals surface area contributed by atoms with Crippen LogP contribution in [0.2, 0.25) is 0 Å². The topological polar surface area (TPSA) is 73.0 Å². The minimum absolute atomic E-state index is 0.149. The van der Waals surface area contributed by atoms with Gasteiger partial charge in [0.2, 0.25) is 11.8 Å². The van der Waals surface area contributed by atoms with Gasteiger partial charge in [-0.3, -0.25) is 19.8 Å². The molecule has 4 rings (SSSR count). The van der Waals surface area contributed by atoms with Gasteiger partial charge in [0, 0.05) is 56.4 Å². The first-order chi connectivity index (χ1) is 13.5. The summed E-state index contributed by atoms with van der Waals surface area (Å²) in [6.45, 7) is 6.20. The van der Waals surface area contributed by atoms with Gasteiger partial charge in [0.15, 0.2) is 0 Å². The highest BCUT2D eigenvalue weighted by atomic mass is 16.2. The average molecular weight is 384 g/mol. The molecule has 0 spiro atoms. The van der Waals surface area contributed by atoms with E-state index in [0.717, 1.165) is 56.8 Å². The van der Waals surface area contributed by atoms with E-state index in [1.54, 1.807) is 4.90 Å². The van der Waals surface area contributed by atoms with Crippen LogP contribution >= 0.6 is 0 Å². The first-order valence-electron chi connectivity index (χ1n) is 10.3. The summed E-state index contributed by atoms with van der Waals surface area (Å²) in [5.41, 5.74) is 1.90. The van der Waals surface area contributed by atoms with Gasteiger partial charge < -0.3 is 9.80 Å². The van der Waals surface area contributed by atoms with Crippen molar-refractivity contribution in [3.05, 3.63) is 24.3 Å². The molecule has 1 aromatic carbocycles. The second-order valence-corrected chi connectivity index (χ2v) is 8.21. The van der Waals surface area contributed by atoms with Gasteiger partial charge in [-0.2, -0.15) is 0 Å². The molecule has 28 heavy (non-hydrogen) atoms. The second kappa shape index (κ2) is 7.81. The number of likely N-dealkylation sites (tertiary alicyclic amines) is 1. The third-order valence-corrected chi connectivity index (χ3v) is 6.16. The second-order valence-electron chi connectivity index (χ2n) is 8.21. The Kier molecular flexibility index (Phi) is 5.24. The summed E-state index contributed by atoms with van der Waals surface area (Å²) in [6, 6.07) is 7.52. The molecule has 0 saturated carbocycles. The van der Waals surface area contributed by atoms with Crippen LogP contribution < -0.4 is 15.1 Å². The Labute approximate surface area is 165 Å². The number of carbonyl (C=O) groups excluding carboxylic acids is 3. The molecular weight excluding hydrogens is 356 g/mol. The molecule has 3 saturated heterocycles. The van der Waals surface area contributed by atoms with Crippen molar-refractivity contribution in [3.8, 4) is 0 Å². The predicted molar refractivity (Wildman–Crippen MR) is 107 cm³/mol. The summed E-state index contributed by atoms with van der Waals surface area (Å²) in [5.74, 6) is 0.891. The zero-order valence-corrected chi connectivity index (χ0v) is 16.4. The summed E-state index contributed by atoms with van der Waals surface area (Å²) >= 11 is 0. The molecule has 150 valence electrons. The lowest BCUT2D eigenvalue weighted by Gasteiger charge is -2.35. The van der Waals surface area contributed by atoms with E-state index in [-0.39, 0.29) is 17.9 Å². The van der Waals surface area contributed by atoms with E-state index in [2.05, 4.69) is 17.1 Å². The highest BCUT2D eigenvalue weighted by Crippen LogP contribution is 2.28. The first kappa shape index (κ1) is 18.8. The average Bonchev–Trinajstić information content (AvgIpc) is 3.14. The number of hydrogen-bond donors (Lipinski definition) is 1. The SMILES string of the molecule is CC1CCN(C(=O)C2CCN(c3ccc(N4CCC(=O)NC4=O)cc3)CC2)C1. The number of benzene rings is 1. The summed E-state index contributed by atoms with van der Waals surface area (Å²) in [5, 5.41) is 2.35. The van der Waals surface area contributed by atoms with Crippen LogP contribution in [-0.2, 0) is 9.59 Å². The summed E-state index contributed by atoms with van der Waals surface area (Å²) < 4.78 is 0. The Balaban J connectivity index is 1.33. The molecule has 7 heteroatoms. The molecular formula is C21H28N4O3. The van der Waals surface area contributed by atoms with Crippen LogP contribution in [-0.4, -0.2) is 55.5 Å². The number of amides is 4. The normalized spacial score (nSPS) is 23.9. The molecule has 1 N–H and O–H groups in total. The lowest BCUT2D eigenvalue weighted by atomic mass is 9.95. The molecule has 3 aliphatic heterocycles. The van der Waals surface area contributed by atoms with E-state index in [1.165, 1.54) is 0 Å². The summed E-state index contributed by atoms with van der Waals surface area (Å²) in [4.78, 5) is 41.9. The zero-order chi connectivity index (χ0) is 19.7. The van der Waals surface area contributed by atoms with Crippen molar-refractivity contribution < 1.29 is 14.4 Å². The molecule has 3 fully saturated rings. The van der Waals surface area contributed by atoms with Crippen LogP contribution in [0.4, 0.5) is 16.2 Å². The van der Waals surface area contributed by atoms with Crippen LogP contribution in [0.15, 0.2) is 24.3 Å². The van der Waals surface area contributed by atoms with Gasteiger partial charge in [-0.15, -0.1) is 0 Å². The van der Waals surface area contributed by atoms with Gasteiger partial charge in [0.25, 0.3) is 0 Å². The van der Waals surface area contributed by atoms with E-state index in [1.807, 2.05) is 29.2 Å². The number of rotatable bonds is 3. The molecule has 0 radical (unpaired) electrons. The largest absolute Gasteiger partial charge is 0.371 e. The van der Waals surface area contributed by atoms with Gasteiger partial charge in [0.1, 0.15) is 0 Å². The maximum Gasteiger partial charge on any atom is 0.328 e. The minimum Gasteiger partial charge on any atom is -0.371 e. The molecule has 3 heterocycles. The van der Waals surface area contributed by atoms with E-state index in [9.17, 15) is 14.4 Å². The fourth-order valence-electron chi connectivity index (χ4n) is 4.43. The van der Waals surface area contributed by atoms with Crippen molar-refractivity contribution in [1.29, 1.82) is 0 Å². The molecule has 0 aromatic heterocycles. The van der Waals surface area contributed by atoms with E-state index < -0.39 is 0 Å². The number of anilines is 2. The molecule has 1 unspecified atom stereocenters. The van der Waals surface area contributed by atoms with E-state index in [4.69, 9.17) is 0 Å². The van der Waals surface area contributed by atoms with Gasteiger partial charge in [0.05, 0.1) is 0 Å². The van der Waals surface area contributed by atoms with Crippen LogP contribution in [0.25, 0.3) is 0 Å². The van der Waals surface area contributed by atoms with Crippen LogP contribution in [0.3, 0.4) is 0 Å². The molecule has 3 aliphatic rings. The van der Waals surface area contributed by atoms with Crippen LogP contribution in [0.1, 0.15) is 32.6 Å². The van der Waals surface area contributed by atoms with Gasteiger partial charge in [-0.05, 0) is 49.4 Å². The van der Waals surface area contributed by atoms with Crippen molar-refractivity contribution in [2.24, 2.45) is 11.8 Å². The Bertz CT molecular complexity index is 755. The van der Waals surface area contributed by atoms with Gasteiger partial charge >= 0.3 is 6.03 Å². The van der Waals surface area contributed by atoms with Crippen molar-refractivity contribution in [3.63, 3.8) is 0 Å². The standard InChI is InChI=1S/C21H28N4O3/c1-15-6-10-24(14-15)20(27)16-7-11-23(12-8-16)17-2-4-18(5-3-17)25-13-9-19(26)22-21(25)28/h2-5,15-16H,6-14H2,1H3,(H,22,26,28). The lowest BCUT2D eigenvalue weighted by Crippen LogP contribution is -2.49. The smallest absolute Gasteiger partial charge is 0.328 e. The first-order valence-corrected chi connectivity index (χ1v) is 10.3. The Morgan fingerprint density at radius 3 is 2.25 bits per heavy atom. The summed E-state index contributed by atoms with van der Waals surface area (Å²) in [6.07, 6.45) is 3.23. The third-order valence-electron chi connectivity index (χ3n) is 6.16. The number of imide groups is 1. The van der Waals surface area contributed by atoms with E-state index >= 15 is 0 Å². The number of nitrogens with zero attached hydrogens (tertiary/aromatic N) is 3. The highest BCUT2D eigenvalue weighted by molar-refractivity contribution is 6.05. The van der Waals surface area contributed by atoms with Crippen molar-refractivity contribution in [2.75, 3.05) is 42.5 Å². The van der Waals surface area contributed by atoms with E-state index in [0.29, 0.717) is 24.8 Å². The fraction of sp³-hybridized carbons (Fsp3) is 0.571. The zero-order valence-electron chi connectivity index (χ0n) is 16.4. The number of piperidine rings is 1. The summed E-state index contributed by atoms with van der Waals surface area (Å²) in [7, 11) is 0. The quantitative estimate of drug-likeness (QED) is 0.867. The molecule has 0 aliphatic carbocycles. The minimum atomic E-state index is -0.362. The molecule has 0 bridgehead atoms. The van der Waals surface area contributed by atoms with Crippen molar-refractivity contribution in [1.82, 2.24) is 10.2 Å². The van der Waals surface area contributed by atoms with Crippen molar-refractivity contribution in [2.45, 2.75) is 32.6 Å². The monoisotopic (exact) mass is 384 g/mol.